The third kappa shape index (κ3) is 3.71. The van der Waals surface area contributed by atoms with Crippen LogP contribution in [-0.2, 0) is 6.54 Å². The Morgan fingerprint density at radius 2 is 2.14 bits per heavy atom. The van der Waals surface area contributed by atoms with E-state index in [1.54, 1.807) is 28.8 Å². The van der Waals surface area contributed by atoms with Gasteiger partial charge in [0.05, 0.1) is 18.7 Å². The molecule has 1 aromatic carbocycles. The molecule has 0 aliphatic heterocycles. The molecule has 0 unspecified atom stereocenters. The van der Waals surface area contributed by atoms with E-state index in [9.17, 15) is 14.7 Å². The Morgan fingerprint density at radius 3 is 2.86 bits per heavy atom. The topological polar surface area (TPSA) is 106 Å². The molecule has 144 valence electrons. The van der Waals surface area contributed by atoms with Gasteiger partial charge in [0, 0.05) is 18.4 Å². The van der Waals surface area contributed by atoms with Crippen LogP contribution in [-0.4, -0.2) is 33.9 Å². The van der Waals surface area contributed by atoms with Gasteiger partial charge < -0.3 is 14.4 Å². The van der Waals surface area contributed by atoms with Gasteiger partial charge in [0.2, 0.25) is 5.43 Å². The summed E-state index contributed by atoms with van der Waals surface area (Å²) in [6.45, 7) is 4.31. The van der Waals surface area contributed by atoms with Crippen LogP contribution in [0.3, 0.4) is 0 Å². The Bertz CT molecular complexity index is 1130. The van der Waals surface area contributed by atoms with Gasteiger partial charge in [0.1, 0.15) is 11.2 Å². The summed E-state index contributed by atoms with van der Waals surface area (Å²) in [6, 6.07) is 8.05. The monoisotopic (exact) mass is 380 g/mol. The molecular weight excluding hydrogens is 360 g/mol. The minimum Gasteiger partial charge on any atom is -0.504 e. The summed E-state index contributed by atoms with van der Waals surface area (Å²) in [6.07, 6.45) is 2.88. The van der Waals surface area contributed by atoms with Crippen LogP contribution in [0.4, 0.5) is 0 Å². The fourth-order valence-electron chi connectivity index (χ4n) is 2.76. The lowest BCUT2D eigenvalue weighted by molar-refractivity contribution is 0.0953. The molecule has 0 atom stereocenters. The van der Waals surface area contributed by atoms with Gasteiger partial charge in [-0.2, -0.15) is 5.10 Å². The molecule has 2 aromatic heterocycles. The van der Waals surface area contributed by atoms with Crippen molar-refractivity contribution in [1.29, 1.82) is 0 Å². The Kier molecular flexibility index (Phi) is 5.39. The van der Waals surface area contributed by atoms with E-state index in [0.717, 1.165) is 5.69 Å². The van der Waals surface area contributed by atoms with E-state index < -0.39 is 11.3 Å². The van der Waals surface area contributed by atoms with Gasteiger partial charge in [-0.15, -0.1) is 0 Å². The maximum Gasteiger partial charge on any atom is 0.276 e. The number of hydrogen-bond acceptors (Lipinski definition) is 6. The molecule has 0 aliphatic rings. The number of aromatic hydroxyl groups is 1. The number of fused-ring (bicyclic) bond motifs is 1. The zero-order chi connectivity index (χ0) is 20.3. The minimum absolute atomic E-state index is 0.00353. The Morgan fingerprint density at radius 1 is 1.36 bits per heavy atom. The quantitative estimate of drug-likeness (QED) is 0.521. The molecule has 28 heavy (non-hydrogen) atoms. The summed E-state index contributed by atoms with van der Waals surface area (Å²) >= 11 is 0. The van der Waals surface area contributed by atoms with Gasteiger partial charge in [-0.25, -0.2) is 10.4 Å². The van der Waals surface area contributed by atoms with Crippen molar-refractivity contribution in [3.8, 4) is 11.5 Å². The van der Waals surface area contributed by atoms with Crippen molar-refractivity contribution in [2.45, 2.75) is 20.4 Å². The summed E-state index contributed by atoms with van der Waals surface area (Å²) in [5, 5.41) is 13.9. The molecule has 8 nitrogen and oxygen atoms in total. The third-order valence-electron chi connectivity index (χ3n) is 4.23. The van der Waals surface area contributed by atoms with Crippen LogP contribution < -0.4 is 15.6 Å². The van der Waals surface area contributed by atoms with Gasteiger partial charge in [-0.05, 0) is 49.7 Å². The molecule has 0 radical (unpaired) electrons. The highest BCUT2D eigenvalue weighted by Crippen LogP contribution is 2.25. The molecule has 2 heterocycles. The highest BCUT2D eigenvalue weighted by atomic mass is 16.5. The van der Waals surface area contributed by atoms with Gasteiger partial charge in [0.25, 0.3) is 5.91 Å². The number of amides is 1. The number of methoxy groups -OCH3 is 1. The van der Waals surface area contributed by atoms with Crippen molar-refractivity contribution >= 4 is 23.2 Å². The lowest BCUT2D eigenvalue weighted by atomic mass is 10.1. The summed E-state index contributed by atoms with van der Waals surface area (Å²) in [7, 11) is 1.44. The molecule has 0 fully saturated rings. The number of nitrogens with one attached hydrogen (secondary N) is 1. The molecule has 8 heteroatoms. The summed E-state index contributed by atoms with van der Waals surface area (Å²) in [4.78, 5) is 29.6. The lowest BCUT2D eigenvalue weighted by Crippen LogP contribution is -2.27. The van der Waals surface area contributed by atoms with Crippen LogP contribution in [0.2, 0.25) is 0 Å². The zero-order valence-corrected chi connectivity index (χ0v) is 15.8. The van der Waals surface area contributed by atoms with Crippen molar-refractivity contribution in [3.05, 3.63) is 63.6 Å². The van der Waals surface area contributed by atoms with E-state index in [1.165, 1.54) is 25.6 Å². The van der Waals surface area contributed by atoms with Gasteiger partial charge in [-0.1, -0.05) is 0 Å². The third-order valence-corrected chi connectivity index (χ3v) is 4.23. The first kappa shape index (κ1) is 19.1. The SMILES string of the molecule is CCn1cc(C(=O)N/N=C/c2ccc(O)c(OC)c2)c(=O)c2ccc(C)nc21. The molecule has 2 N–H and O–H groups in total. The molecule has 0 saturated heterocycles. The Balaban J connectivity index is 1.88. The molecule has 3 aromatic rings. The second-order valence-electron chi connectivity index (χ2n) is 6.11. The molecule has 0 spiro atoms. The Labute approximate surface area is 161 Å². The lowest BCUT2D eigenvalue weighted by Gasteiger charge is -2.10. The summed E-state index contributed by atoms with van der Waals surface area (Å²) in [5.74, 6) is -0.320. The normalized spacial score (nSPS) is 11.1. The van der Waals surface area contributed by atoms with Crippen LogP contribution >= 0.6 is 0 Å². The number of carbonyl (C=O) groups is 1. The van der Waals surface area contributed by atoms with E-state index in [2.05, 4.69) is 15.5 Å². The second-order valence-corrected chi connectivity index (χ2v) is 6.11. The van der Waals surface area contributed by atoms with Crippen LogP contribution in [0.1, 0.15) is 28.5 Å². The van der Waals surface area contributed by atoms with Crippen molar-refractivity contribution in [2.24, 2.45) is 5.10 Å². The molecular formula is C20H20N4O4. The number of hydrogen-bond donors (Lipinski definition) is 2. The first-order valence-corrected chi connectivity index (χ1v) is 8.65. The van der Waals surface area contributed by atoms with Crippen LogP contribution in [0.15, 0.2) is 46.4 Å². The maximum absolute atomic E-state index is 12.7. The standard InChI is InChI=1S/C20H20N4O4/c1-4-24-11-15(18(26)14-7-5-12(2)22-19(14)24)20(27)23-21-10-13-6-8-16(25)17(9-13)28-3/h5-11,25H,4H2,1-3H3,(H,23,27)/b21-10+. The number of benzene rings is 1. The number of aromatic nitrogens is 2. The number of hydrazone groups is 1. The van der Waals surface area contributed by atoms with E-state index in [1.807, 2.05) is 13.8 Å². The van der Waals surface area contributed by atoms with Gasteiger partial charge in [0.15, 0.2) is 11.5 Å². The van der Waals surface area contributed by atoms with Crippen LogP contribution in [0.25, 0.3) is 11.0 Å². The Hall–Kier alpha value is -3.68. The highest BCUT2D eigenvalue weighted by Gasteiger charge is 2.15. The number of carbonyl (C=O) groups excluding carboxylic acids is 1. The maximum atomic E-state index is 12.7. The number of aryl methyl sites for hydroxylation is 2. The average molecular weight is 380 g/mol. The minimum atomic E-state index is -0.614. The summed E-state index contributed by atoms with van der Waals surface area (Å²) in [5.41, 5.74) is 3.90. The van der Waals surface area contributed by atoms with Gasteiger partial charge >= 0.3 is 0 Å². The predicted octanol–water partition coefficient (Wildman–Crippen LogP) is 2.20. The molecule has 0 bridgehead atoms. The molecule has 3 rings (SSSR count). The smallest absolute Gasteiger partial charge is 0.276 e. The van der Waals surface area contributed by atoms with E-state index in [-0.39, 0.29) is 11.3 Å². The number of rotatable bonds is 5. The average Bonchev–Trinajstić information content (AvgIpc) is 2.69. The number of phenols is 1. The number of nitrogens with zero attached hydrogens (tertiary/aromatic N) is 3. The highest BCUT2D eigenvalue weighted by molar-refractivity contribution is 5.97. The first-order valence-electron chi connectivity index (χ1n) is 8.65. The number of ether oxygens (including phenoxy) is 1. The van der Waals surface area contributed by atoms with E-state index in [4.69, 9.17) is 4.74 Å². The predicted molar refractivity (Wildman–Crippen MR) is 106 cm³/mol. The van der Waals surface area contributed by atoms with E-state index in [0.29, 0.717) is 28.9 Å². The second kappa shape index (κ2) is 7.91. The van der Waals surface area contributed by atoms with E-state index >= 15 is 0 Å². The number of phenolic OH excluding ortho intramolecular Hbond substituents is 1. The fraction of sp³-hybridized carbons (Fsp3) is 0.200. The zero-order valence-electron chi connectivity index (χ0n) is 15.8. The van der Waals surface area contributed by atoms with Crippen LogP contribution in [0, 0.1) is 6.92 Å². The van der Waals surface area contributed by atoms with Crippen molar-refractivity contribution in [2.75, 3.05) is 7.11 Å². The molecule has 0 saturated carbocycles. The van der Waals surface area contributed by atoms with Crippen LogP contribution in [0.5, 0.6) is 11.5 Å². The molecule has 1 amide bonds. The first-order chi connectivity index (χ1) is 13.4. The number of pyridine rings is 2. The fourth-order valence-corrected chi connectivity index (χ4v) is 2.76. The van der Waals surface area contributed by atoms with Crippen molar-refractivity contribution in [1.82, 2.24) is 15.0 Å². The van der Waals surface area contributed by atoms with Crippen molar-refractivity contribution in [3.63, 3.8) is 0 Å². The summed E-state index contributed by atoms with van der Waals surface area (Å²) < 4.78 is 6.78. The molecule has 0 aliphatic carbocycles. The van der Waals surface area contributed by atoms with Crippen molar-refractivity contribution < 1.29 is 14.6 Å². The largest absolute Gasteiger partial charge is 0.504 e. The van der Waals surface area contributed by atoms with Gasteiger partial charge in [-0.3, -0.25) is 9.59 Å².